The van der Waals surface area contributed by atoms with Gasteiger partial charge in [0.25, 0.3) is 0 Å². The Morgan fingerprint density at radius 2 is 1.94 bits per heavy atom. The molecule has 1 aromatic heterocycles. The van der Waals surface area contributed by atoms with Crippen LogP contribution in [0, 0.1) is 0 Å². The SMILES string of the molecule is CC(C)c1cccc(NCc2ccc(CO)o2)c1. The Labute approximate surface area is 107 Å². The van der Waals surface area contributed by atoms with Gasteiger partial charge in [-0.1, -0.05) is 26.0 Å². The molecule has 0 atom stereocenters. The van der Waals surface area contributed by atoms with E-state index in [0.717, 1.165) is 11.4 Å². The van der Waals surface area contributed by atoms with E-state index in [9.17, 15) is 0 Å². The molecule has 0 unspecified atom stereocenters. The summed E-state index contributed by atoms with van der Waals surface area (Å²) < 4.78 is 5.42. The second-order valence-electron chi connectivity index (χ2n) is 4.66. The van der Waals surface area contributed by atoms with E-state index in [0.29, 0.717) is 18.2 Å². The molecule has 2 rings (SSSR count). The van der Waals surface area contributed by atoms with Crippen molar-refractivity contribution in [2.45, 2.75) is 32.9 Å². The molecule has 0 fully saturated rings. The third kappa shape index (κ3) is 3.14. The Morgan fingerprint density at radius 1 is 1.17 bits per heavy atom. The molecule has 0 bridgehead atoms. The van der Waals surface area contributed by atoms with Crippen molar-refractivity contribution >= 4 is 5.69 Å². The maximum absolute atomic E-state index is 8.92. The molecule has 96 valence electrons. The zero-order chi connectivity index (χ0) is 13.0. The van der Waals surface area contributed by atoms with Crippen molar-refractivity contribution in [1.82, 2.24) is 0 Å². The van der Waals surface area contributed by atoms with Crippen molar-refractivity contribution < 1.29 is 9.52 Å². The van der Waals surface area contributed by atoms with Crippen molar-refractivity contribution in [1.29, 1.82) is 0 Å². The van der Waals surface area contributed by atoms with Gasteiger partial charge in [-0.3, -0.25) is 0 Å². The Kier molecular flexibility index (Phi) is 4.05. The molecule has 0 saturated heterocycles. The average Bonchev–Trinajstić information content (AvgIpc) is 2.84. The van der Waals surface area contributed by atoms with Crippen LogP contribution in [0.4, 0.5) is 5.69 Å². The summed E-state index contributed by atoms with van der Waals surface area (Å²) in [6.45, 7) is 4.93. The highest BCUT2D eigenvalue weighted by molar-refractivity contribution is 5.46. The van der Waals surface area contributed by atoms with E-state index in [4.69, 9.17) is 9.52 Å². The van der Waals surface area contributed by atoms with E-state index in [1.165, 1.54) is 5.56 Å². The van der Waals surface area contributed by atoms with Crippen LogP contribution in [0.5, 0.6) is 0 Å². The van der Waals surface area contributed by atoms with E-state index in [1.807, 2.05) is 12.1 Å². The summed E-state index contributed by atoms with van der Waals surface area (Å²) in [5.41, 5.74) is 2.40. The molecule has 1 heterocycles. The summed E-state index contributed by atoms with van der Waals surface area (Å²) in [6, 6.07) is 12.1. The van der Waals surface area contributed by atoms with Crippen molar-refractivity contribution in [3.8, 4) is 0 Å². The van der Waals surface area contributed by atoms with E-state index in [2.05, 4.69) is 37.4 Å². The van der Waals surface area contributed by atoms with Gasteiger partial charge in [-0.05, 0) is 35.7 Å². The molecule has 0 amide bonds. The number of hydrogen-bond donors (Lipinski definition) is 2. The molecule has 0 aliphatic rings. The summed E-state index contributed by atoms with van der Waals surface area (Å²) in [5, 5.41) is 12.2. The second-order valence-corrected chi connectivity index (χ2v) is 4.66. The van der Waals surface area contributed by atoms with Gasteiger partial charge in [0.15, 0.2) is 0 Å². The van der Waals surface area contributed by atoms with Gasteiger partial charge in [-0.15, -0.1) is 0 Å². The van der Waals surface area contributed by atoms with E-state index in [-0.39, 0.29) is 6.61 Å². The van der Waals surface area contributed by atoms with E-state index in [1.54, 1.807) is 6.07 Å². The van der Waals surface area contributed by atoms with Crippen molar-refractivity contribution in [3.63, 3.8) is 0 Å². The normalized spacial score (nSPS) is 10.9. The van der Waals surface area contributed by atoms with Crippen molar-refractivity contribution in [3.05, 3.63) is 53.5 Å². The minimum atomic E-state index is -0.0527. The highest BCUT2D eigenvalue weighted by Gasteiger charge is 2.02. The monoisotopic (exact) mass is 245 g/mol. The average molecular weight is 245 g/mol. The predicted octanol–water partition coefficient (Wildman–Crippen LogP) is 3.51. The smallest absolute Gasteiger partial charge is 0.129 e. The quantitative estimate of drug-likeness (QED) is 0.847. The van der Waals surface area contributed by atoms with Crippen LogP contribution in [-0.4, -0.2) is 5.11 Å². The van der Waals surface area contributed by atoms with Crippen LogP contribution in [0.3, 0.4) is 0 Å². The van der Waals surface area contributed by atoms with E-state index >= 15 is 0 Å². The Morgan fingerprint density at radius 3 is 2.61 bits per heavy atom. The first kappa shape index (κ1) is 12.7. The molecular weight excluding hydrogens is 226 g/mol. The molecule has 0 radical (unpaired) electrons. The van der Waals surface area contributed by atoms with E-state index < -0.39 is 0 Å². The van der Waals surface area contributed by atoms with Crippen LogP contribution in [-0.2, 0) is 13.2 Å². The number of aliphatic hydroxyl groups excluding tert-OH is 1. The van der Waals surface area contributed by atoms with Crippen LogP contribution in [0.15, 0.2) is 40.8 Å². The van der Waals surface area contributed by atoms with Crippen LogP contribution in [0.1, 0.15) is 36.8 Å². The van der Waals surface area contributed by atoms with Crippen LogP contribution in [0.2, 0.25) is 0 Å². The molecule has 2 aromatic rings. The van der Waals surface area contributed by atoms with Gasteiger partial charge in [0.2, 0.25) is 0 Å². The third-order valence-electron chi connectivity index (χ3n) is 2.89. The maximum Gasteiger partial charge on any atom is 0.129 e. The van der Waals surface area contributed by atoms with Crippen LogP contribution >= 0.6 is 0 Å². The predicted molar refractivity (Wildman–Crippen MR) is 72.5 cm³/mol. The minimum absolute atomic E-state index is 0.0527. The molecule has 3 nitrogen and oxygen atoms in total. The number of hydrogen-bond acceptors (Lipinski definition) is 3. The second kappa shape index (κ2) is 5.74. The first-order valence-corrected chi connectivity index (χ1v) is 6.21. The molecule has 0 saturated carbocycles. The highest BCUT2D eigenvalue weighted by atomic mass is 16.4. The van der Waals surface area contributed by atoms with Crippen molar-refractivity contribution in [2.75, 3.05) is 5.32 Å². The standard InChI is InChI=1S/C15H19NO2/c1-11(2)12-4-3-5-13(8-12)16-9-14-6-7-15(10-17)18-14/h3-8,11,16-17H,9-10H2,1-2H3. The van der Waals surface area contributed by atoms with Gasteiger partial charge in [0, 0.05) is 5.69 Å². The number of rotatable bonds is 5. The van der Waals surface area contributed by atoms with Crippen molar-refractivity contribution in [2.24, 2.45) is 0 Å². The zero-order valence-corrected chi connectivity index (χ0v) is 10.8. The van der Waals surface area contributed by atoms with Gasteiger partial charge in [-0.2, -0.15) is 0 Å². The molecule has 0 aliphatic heterocycles. The molecule has 18 heavy (non-hydrogen) atoms. The van der Waals surface area contributed by atoms with Gasteiger partial charge in [-0.25, -0.2) is 0 Å². The topological polar surface area (TPSA) is 45.4 Å². The summed E-state index contributed by atoms with van der Waals surface area (Å²) in [4.78, 5) is 0. The summed E-state index contributed by atoms with van der Waals surface area (Å²) >= 11 is 0. The molecule has 2 N–H and O–H groups in total. The fraction of sp³-hybridized carbons (Fsp3) is 0.333. The lowest BCUT2D eigenvalue weighted by molar-refractivity contribution is 0.244. The van der Waals surface area contributed by atoms with Crippen LogP contribution in [0.25, 0.3) is 0 Å². The fourth-order valence-electron chi connectivity index (χ4n) is 1.80. The summed E-state index contributed by atoms with van der Waals surface area (Å²) in [6.07, 6.45) is 0. The maximum atomic E-state index is 8.92. The number of aliphatic hydroxyl groups is 1. The number of nitrogens with one attached hydrogen (secondary N) is 1. The number of anilines is 1. The third-order valence-corrected chi connectivity index (χ3v) is 2.89. The van der Waals surface area contributed by atoms with Crippen LogP contribution < -0.4 is 5.32 Å². The zero-order valence-electron chi connectivity index (χ0n) is 10.8. The molecule has 3 heteroatoms. The molecule has 0 spiro atoms. The Hall–Kier alpha value is -1.74. The molecule has 0 aliphatic carbocycles. The Balaban J connectivity index is 1.99. The molecule has 1 aromatic carbocycles. The number of furan rings is 1. The largest absolute Gasteiger partial charge is 0.462 e. The Bertz CT molecular complexity index is 503. The van der Waals surface area contributed by atoms with Gasteiger partial charge >= 0.3 is 0 Å². The highest BCUT2D eigenvalue weighted by Crippen LogP contribution is 2.19. The molecular formula is C15H19NO2. The van der Waals surface area contributed by atoms with Gasteiger partial charge in [0.1, 0.15) is 18.1 Å². The lowest BCUT2D eigenvalue weighted by atomic mass is 10.0. The number of benzene rings is 1. The summed E-state index contributed by atoms with van der Waals surface area (Å²) in [5.74, 6) is 1.95. The lowest BCUT2D eigenvalue weighted by Crippen LogP contribution is -1.99. The van der Waals surface area contributed by atoms with Gasteiger partial charge in [0.05, 0.1) is 6.54 Å². The fourth-order valence-corrected chi connectivity index (χ4v) is 1.80. The lowest BCUT2D eigenvalue weighted by Gasteiger charge is -2.09. The minimum Gasteiger partial charge on any atom is -0.462 e. The van der Waals surface area contributed by atoms with Gasteiger partial charge < -0.3 is 14.8 Å². The first-order chi connectivity index (χ1) is 8.69. The summed E-state index contributed by atoms with van der Waals surface area (Å²) in [7, 11) is 0. The first-order valence-electron chi connectivity index (χ1n) is 6.21.